The van der Waals surface area contributed by atoms with Crippen LogP contribution in [0.25, 0.3) is 0 Å². The second-order valence-electron chi connectivity index (χ2n) is 2.68. The van der Waals surface area contributed by atoms with Gasteiger partial charge in [0.25, 0.3) is 0 Å². The van der Waals surface area contributed by atoms with Gasteiger partial charge in [-0.2, -0.15) is 0 Å². The molecule has 0 fully saturated rings. The van der Waals surface area contributed by atoms with E-state index in [1.807, 2.05) is 30.3 Å². The van der Waals surface area contributed by atoms with Crippen molar-refractivity contribution in [1.82, 2.24) is 5.53 Å². The lowest BCUT2D eigenvalue weighted by Crippen LogP contribution is -2.31. The predicted octanol–water partition coefficient (Wildman–Crippen LogP) is 0.976. The minimum Gasteiger partial charge on any atom is -0.497 e. The van der Waals surface area contributed by atoms with Crippen molar-refractivity contribution < 1.29 is 4.74 Å². The van der Waals surface area contributed by atoms with E-state index in [4.69, 9.17) is 4.74 Å². The molecule has 2 rings (SSSR count). The van der Waals surface area contributed by atoms with E-state index in [2.05, 4.69) is 11.0 Å². The van der Waals surface area contributed by atoms with Crippen LogP contribution >= 0.6 is 0 Å². The Morgan fingerprint density at radius 1 is 1.42 bits per heavy atom. The summed E-state index contributed by atoms with van der Waals surface area (Å²) in [5.74, 6) is 0.860. The molecule has 1 aromatic rings. The van der Waals surface area contributed by atoms with E-state index < -0.39 is 0 Å². The Morgan fingerprint density at radius 2 is 2.25 bits per heavy atom. The summed E-state index contributed by atoms with van der Waals surface area (Å²) >= 11 is 0. The number of benzene rings is 1. The van der Waals surface area contributed by atoms with Crippen LogP contribution in [0.15, 0.2) is 18.2 Å². The Hall–Kier alpha value is -1.42. The first-order valence-electron chi connectivity index (χ1n) is 3.74. The third kappa shape index (κ3) is 0.967. The molecule has 1 aromatic carbocycles. The molecular weight excluding hydrogens is 154 g/mol. The number of hydrazine groups is 2. The Balaban J connectivity index is 2.41. The molecule has 12 heavy (non-hydrogen) atoms. The van der Waals surface area contributed by atoms with E-state index in [9.17, 15) is 0 Å². The van der Waals surface area contributed by atoms with Gasteiger partial charge in [0.15, 0.2) is 0 Å². The monoisotopic (exact) mass is 165 g/mol. The third-order valence-electron chi connectivity index (χ3n) is 1.92. The lowest BCUT2D eigenvalue weighted by atomic mass is 10.2. The van der Waals surface area contributed by atoms with Gasteiger partial charge in [0.2, 0.25) is 0 Å². The molecule has 0 saturated carbocycles. The molecule has 0 saturated heterocycles. The number of nitrogens with one attached hydrogen (secondary N) is 2. The van der Waals surface area contributed by atoms with Crippen LogP contribution in [0.1, 0.15) is 0 Å². The Kier molecular flexibility index (Phi) is 1.55. The number of anilines is 2. The van der Waals surface area contributed by atoms with Crippen LogP contribution < -0.4 is 20.7 Å². The first-order valence-corrected chi connectivity index (χ1v) is 3.74. The zero-order chi connectivity index (χ0) is 8.55. The van der Waals surface area contributed by atoms with Gasteiger partial charge in [-0.05, 0) is 12.1 Å². The molecule has 1 aliphatic rings. The highest BCUT2D eigenvalue weighted by Crippen LogP contribution is 2.31. The fraction of sp³-hybridized carbons (Fsp3) is 0.250. The molecule has 1 heterocycles. The van der Waals surface area contributed by atoms with Crippen molar-refractivity contribution >= 4 is 11.4 Å². The van der Waals surface area contributed by atoms with E-state index in [1.165, 1.54) is 0 Å². The zero-order valence-electron chi connectivity index (χ0n) is 7.09. The summed E-state index contributed by atoms with van der Waals surface area (Å²) in [6, 6.07) is 5.89. The van der Waals surface area contributed by atoms with Crippen molar-refractivity contribution in [2.75, 3.05) is 24.6 Å². The van der Waals surface area contributed by atoms with Crippen molar-refractivity contribution in [3.8, 4) is 5.75 Å². The summed E-state index contributed by atoms with van der Waals surface area (Å²) < 4.78 is 5.09. The molecule has 4 nitrogen and oxygen atoms in total. The lowest BCUT2D eigenvalue weighted by molar-refractivity contribution is 0.415. The molecular formula is C8H11N3O. The van der Waals surface area contributed by atoms with Gasteiger partial charge in [0.1, 0.15) is 5.75 Å². The smallest absolute Gasteiger partial charge is 0.121 e. The minimum atomic E-state index is 0.860. The van der Waals surface area contributed by atoms with E-state index in [1.54, 1.807) is 7.11 Å². The number of nitrogens with zero attached hydrogens (tertiary/aromatic N) is 1. The van der Waals surface area contributed by atoms with Crippen molar-refractivity contribution in [2.45, 2.75) is 0 Å². The topological polar surface area (TPSA) is 36.5 Å². The summed E-state index contributed by atoms with van der Waals surface area (Å²) in [6.07, 6.45) is 0. The standard InChI is InChI=1S/C8H11N3O/c1-11-8-4-3-6(12-2)5-7(8)9-10-11/h3-5,9-10H,1-2H3. The number of ether oxygens (including phenoxy) is 1. The Bertz CT molecular complexity index is 300. The van der Waals surface area contributed by atoms with Crippen LogP contribution in [0.2, 0.25) is 0 Å². The number of hydrogen-bond acceptors (Lipinski definition) is 4. The normalized spacial score (nSPS) is 14.0. The molecule has 0 spiro atoms. The van der Waals surface area contributed by atoms with Gasteiger partial charge < -0.3 is 10.2 Å². The molecule has 1 aliphatic heterocycles. The van der Waals surface area contributed by atoms with Crippen LogP contribution in [0.3, 0.4) is 0 Å². The fourth-order valence-electron chi connectivity index (χ4n) is 1.24. The number of methoxy groups -OCH3 is 1. The second kappa shape index (κ2) is 2.57. The van der Waals surface area contributed by atoms with Crippen LogP contribution in [0.5, 0.6) is 5.75 Å². The summed E-state index contributed by atoms with van der Waals surface area (Å²) in [4.78, 5) is 0. The van der Waals surface area contributed by atoms with E-state index in [0.717, 1.165) is 17.1 Å². The van der Waals surface area contributed by atoms with Gasteiger partial charge in [0, 0.05) is 13.1 Å². The quantitative estimate of drug-likeness (QED) is 0.650. The fourth-order valence-corrected chi connectivity index (χ4v) is 1.24. The van der Waals surface area contributed by atoms with Crippen LogP contribution in [-0.4, -0.2) is 14.2 Å². The largest absolute Gasteiger partial charge is 0.497 e. The summed E-state index contributed by atoms with van der Waals surface area (Å²) in [5.41, 5.74) is 8.14. The second-order valence-corrected chi connectivity index (χ2v) is 2.68. The molecule has 0 atom stereocenters. The first-order chi connectivity index (χ1) is 5.81. The molecule has 2 N–H and O–H groups in total. The number of hydrogen-bond donors (Lipinski definition) is 2. The maximum absolute atomic E-state index is 5.09. The molecule has 0 aromatic heterocycles. The third-order valence-corrected chi connectivity index (χ3v) is 1.92. The highest BCUT2D eigenvalue weighted by Gasteiger charge is 2.14. The molecule has 0 aliphatic carbocycles. The zero-order valence-corrected chi connectivity index (χ0v) is 7.09. The van der Waals surface area contributed by atoms with Crippen molar-refractivity contribution in [3.63, 3.8) is 0 Å². The SMILES string of the molecule is COc1ccc2c(c1)NNN2C. The summed E-state index contributed by atoms with van der Waals surface area (Å²) in [6.45, 7) is 0. The highest BCUT2D eigenvalue weighted by molar-refractivity contribution is 5.74. The van der Waals surface area contributed by atoms with Gasteiger partial charge in [-0.3, -0.25) is 5.01 Å². The highest BCUT2D eigenvalue weighted by atomic mass is 16.5. The lowest BCUT2D eigenvalue weighted by Gasteiger charge is -2.09. The molecule has 64 valence electrons. The predicted molar refractivity (Wildman–Crippen MR) is 48.2 cm³/mol. The van der Waals surface area contributed by atoms with E-state index >= 15 is 0 Å². The average Bonchev–Trinajstić information content (AvgIpc) is 2.47. The Labute approximate surface area is 71.1 Å². The van der Waals surface area contributed by atoms with Gasteiger partial charge in [-0.15, -0.1) is 5.53 Å². The maximum atomic E-state index is 5.09. The molecule has 4 heteroatoms. The summed E-state index contributed by atoms with van der Waals surface area (Å²) in [5, 5.41) is 1.91. The van der Waals surface area contributed by atoms with Crippen LogP contribution in [0, 0.1) is 0 Å². The van der Waals surface area contributed by atoms with E-state index in [0.29, 0.717) is 0 Å². The number of rotatable bonds is 1. The maximum Gasteiger partial charge on any atom is 0.121 e. The molecule has 0 unspecified atom stereocenters. The Morgan fingerprint density at radius 3 is 3.00 bits per heavy atom. The van der Waals surface area contributed by atoms with Crippen LogP contribution in [-0.2, 0) is 0 Å². The number of fused-ring (bicyclic) bond motifs is 1. The molecule has 0 bridgehead atoms. The van der Waals surface area contributed by atoms with Crippen molar-refractivity contribution in [3.05, 3.63) is 18.2 Å². The van der Waals surface area contributed by atoms with Gasteiger partial charge in [-0.1, -0.05) is 0 Å². The van der Waals surface area contributed by atoms with E-state index in [-0.39, 0.29) is 0 Å². The summed E-state index contributed by atoms with van der Waals surface area (Å²) in [7, 11) is 3.61. The average molecular weight is 165 g/mol. The van der Waals surface area contributed by atoms with Gasteiger partial charge in [0.05, 0.1) is 18.5 Å². The van der Waals surface area contributed by atoms with Crippen molar-refractivity contribution in [2.24, 2.45) is 0 Å². The first kappa shape index (κ1) is 7.24. The molecule has 0 amide bonds. The molecule has 0 radical (unpaired) electrons. The van der Waals surface area contributed by atoms with Crippen molar-refractivity contribution in [1.29, 1.82) is 0 Å². The van der Waals surface area contributed by atoms with Gasteiger partial charge in [-0.25, -0.2) is 0 Å². The van der Waals surface area contributed by atoms with Gasteiger partial charge >= 0.3 is 0 Å². The minimum absolute atomic E-state index is 0.860. The van der Waals surface area contributed by atoms with Crippen LogP contribution in [0.4, 0.5) is 11.4 Å².